The van der Waals surface area contributed by atoms with Crippen LogP contribution in [0.1, 0.15) is 38.2 Å². The largest absolute Gasteiger partial charge is 0.392 e. The fourth-order valence-corrected chi connectivity index (χ4v) is 2.89. The van der Waals surface area contributed by atoms with Crippen LogP contribution in [0.2, 0.25) is 0 Å². The van der Waals surface area contributed by atoms with Gasteiger partial charge in [0.05, 0.1) is 11.0 Å². The summed E-state index contributed by atoms with van der Waals surface area (Å²) >= 11 is 0. The number of carbonyl (C=O) groups excluding carboxylic acids is 1. The van der Waals surface area contributed by atoms with Crippen LogP contribution in [0.25, 0.3) is 0 Å². The van der Waals surface area contributed by atoms with Gasteiger partial charge in [0.15, 0.2) is 0 Å². The van der Waals surface area contributed by atoms with Crippen LogP contribution in [0.15, 0.2) is 24.3 Å². The normalized spacial score (nSPS) is 24.0. The SMILES string of the molecule is C[C@@]1(CNC(=O)NCc2cccc([N+](=O)[O-])c2)CCCC[C@@H]1O. The van der Waals surface area contributed by atoms with Crippen molar-refractivity contribution in [3.8, 4) is 0 Å². The zero-order valence-electron chi connectivity index (χ0n) is 13.2. The number of aliphatic hydroxyl groups is 1. The molecule has 2 amide bonds. The smallest absolute Gasteiger partial charge is 0.315 e. The number of nitrogens with zero attached hydrogens (tertiary/aromatic N) is 1. The van der Waals surface area contributed by atoms with Crippen molar-refractivity contribution in [2.24, 2.45) is 5.41 Å². The van der Waals surface area contributed by atoms with Crippen molar-refractivity contribution in [2.45, 2.75) is 45.3 Å². The van der Waals surface area contributed by atoms with Gasteiger partial charge in [-0.2, -0.15) is 0 Å². The molecule has 1 aromatic rings. The van der Waals surface area contributed by atoms with Crippen LogP contribution < -0.4 is 10.6 Å². The molecule has 1 aliphatic rings. The highest BCUT2D eigenvalue weighted by molar-refractivity contribution is 5.73. The molecule has 0 spiro atoms. The molecular formula is C16H23N3O4. The molecule has 2 atom stereocenters. The molecule has 126 valence electrons. The second-order valence-corrected chi connectivity index (χ2v) is 6.38. The van der Waals surface area contributed by atoms with Crippen molar-refractivity contribution in [3.05, 3.63) is 39.9 Å². The van der Waals surface area contributed by atoms with Crippen LogP contribution in [-0.2, 0) is 6.54 Å². The van der Waals surface area contributed by atoms with Gasteiger partial charge in [0.1, 0.15) is 0 Å². The van der Waals surface area contributed by atoms with Gasteiger partial charge in [-0.1, -0.05) is 31.9 Å². The summed E-state index contributed by atoms with van der Waals surface area (Å²) in [5.41, 5.74) is 0.377. The average molecular weight is 321 g/mol. The number of urea groups is 1. The number of nitro benzene ring substituents is 1. The maximum Gasteiger partial charge on any atom is 0.315 e. The van der Waals surface area contributed by atoms with Gasteiger partial charge in [-0.3, -0.25) is 10.1 Å². The first-order chi connectivity index (χ1) is 10.9. The number of hydrogen-bond acceptors (Lipinski definition) is 4. The molecule has 0 heterocycles. The molecule has 0 bridgehead atoms. The fraction of sp³-hybridized carbons (Fsp3) is 0.562. The second-order valence-electron chi connectivity index (χ2n) is 6.38. The zero-order chi connectivity index (χ0) is 16.9. The van der Waals surface area contributed by atoms with Crippen LogP contribution in [0.5, 0.6) is 0 Å². The number of aliphatic hydroxyl groups excluding tert-OH is 1. The summed E-state index contributed by atoms with van der Waals surface area (Å²) in [5.74, 6) is 0. The summed E-state index contributed by atoms with van der Waals surface area (Å²) in [5, 5.41) is 26.3. The highest BCUT2D eigenvalue weighted by Crippen LogP contribution is 2.35. The van der Waals surface area contributed by atoms with Crippen LogP contribution in [-0.4, -0.2) is 28.7 Å². The molecule has 0 saturated heterocycles. The molecule has 0 unspecified atom stereocenters. The van der Waals surface area contributed by atoms with Crippen molar-refractivity contribution < 1.29 is 14.8 Å². The van der Waals surface area contributed by atoms with Gasteiger partial charge in [0, 0.05) is 30.6 Å². The zero-order valence-corrected chi connectivity index (χ0v) is 13.2. The van der Waals surface area contributed by atoms with Crippen molar-refractivity contribution in [1.82, 2.24) is 10.6 Å². The molecule has 1 aliphatic carbocycles. The Kier molecular flexibility index (Phi) is 5.54. The van der Waals surface area contributed by atoms with Gasteiger partial charge in [-0.05, 0) is 18.4 Å². The minimum absolute atomic E-state index is 0.00236. The Bertz CT molecular complexity index is 578. The number of non-ortho nitro benzene ring substituents is 1. The lowest BCUT2D eigenvalue weighted by atomic mass is 9.73. The predicted octanol–water partition coefficient (Wildman–Crippen LogP) is 2.34. The summed E-state index contributed by atoms with van der Waals surface area (Å²) in [6.07, 6.45) is 3.35. The number of nitro groups is 1. The van der Waals surface area contributed by atoms with Crippen LogP contribution in [0.4, 0.5) is 10.5 Å². The standard InChI is InChI=1S/C16H23N3O4/c1-16(8-3-2-7-14(16)20)11-18-15(21)17-10-12-5-4-6-13(9-12)19(22)23/h4-6,9,14,20H,2-3,7-8,10-11H2,1H3,(H2,17,18,21)/t14-,16-/m0/s1. The number of nitrogens with one attached hydrogen (secondary N) is 2. The summed E-state index contributed by atoms with van der Waals surface area (Å²) < 4.78 is 0. The third-order valence-electron chi connectivity index (χ3n) is 4.51. The predicted molar refractivity (Wildman–Crippen MR) is 85.9 cm³/mol. The topological polar surface area (TPSA) is 104 Å². The Labute approximate surface area is 135 Å². The van der Waals surface area contributed by atoms with Gasteiger partial charge in [0.25, 0.3) is 5.69 Å². The number of benzene rings is 1. The van der Waals surface area contributed by atoms with E-state index >= 15 is 0 Å². The third-order valence-corrected chi connectivity index (χ3v) is 4.51. The van der Waals surface area contributed by atoms with E-state index in [1.54, 1.807) is 12.1 Å². The van der Waals surface area contributed by atoms with Crippen molar-refractivity contribution in [3.63, 3.8) is 0 Å². The van der Waals surface area contributed by atoms with Gasteiger partial charge in [-0.25, -0.2) is 4.79 Å². The fourth-order valence-electron chi connectivity index (χ4n) is 2.89. The molecule has 23 heavy (non-hydrogen) atoms. The van der Waals surface area contributed by atoms with Gasteiger partial charge < -0.3 is 15.7 Å². The Morgan fingerprint density at radius 1 is 1.43 bits per heavy atom. The van der Waals surface area contributed by atoms with Crippen molar-refractivity contribution >= 4 is 11.7 Å². The van der Waals surface area contributed by atoms with Gasteiger partial charge >= 0.3 is 6.03 Å². The molecule has 2 rings (SSSR count). The number of carbonyl (C=O) groups is 1. The number of amides is 2. The quantitative estimate of drug-likeness (QED) is 0.572. The Morgan fingerprint density at radius 3 is 2.91 bits per heavy atom. The molecule has 0 radical (unpaired) electrons. The third kappa shape index (κ3) is 4.66. The van der Waals surface area contributed by atoms with Crippen LogP contribution >= 0.6 is 0 Å². The van der Waals surface area contributed by atoms with Crippen molar-refractivity contribution in [2.75, 3.05) is 6.54 Å². The van der Waals surface area contributed by atoms with E-state index in [2.05, 4.69) is 10.6 Å². The maximum atomic E-state index is 11.9. The maximum absolute atomic E-state index is 11.9. The first kappa shape index (κ1) is 17.2. The van der Waals surface area contributed by atoms with E-state index in [4.69, 9.17) is 0 Å². The summed E-state index contributed by atoms with van der Waals surface area (Å²) in [7, 11) is 0. The van der Waals surface area contributed by atoms with Gasteiger partial charge in [-0.15, -0.1) is 0 Å². The Hall–Kier alpha value is -2.15. The average Bonchev–Trinajstić information content (AvgIpc) is 2.54. The lowest BCUT2D eigenvalue weighted by Gasteiger charge is -2.38. The first-order valence-electron chi connectivity index (χ1n) is 7.84. The molecule has 0 aromatic heterocycles. The second kappa shape index (κ2) is 7.41. The summed E-state index contributed by atoms with van der Waals surface area (Å²) in [4.78, 5) is 22.1. The highest BCUT2D eigenvalue weighted by Gasteiger charge is 2.35. The molecular weight excluding hydrogens is 298 g/mol. The monoisotopic (exact) mass is 321 g/mol. The van der Waals surface area contributed by atoms with E-state index in [0.29, 0.717) is 12.1 Å². The van der Waals surface area contributed by atoms with E-state index in [1.807, 2.05) is 6.92 Å². The lowest BCUT2D eigenvalue weighted by Crippen LogP contribution is -2.47. The molecule has 7 heteroatoms. The molecule has 1 aromatic carbocycles. The first-order valence-corrected chi connectivity index (χ1v) is 7.84. The summed E-state index contributed by atoms with van der Waals surface area (Å²) in [6.45, 7) is 2.61. The molecule has 3 N–H and O–H groups in total. The minimum atomic E-state index is -0.463. The van der Waals surface area contributed by atoms with E-state index in [9.17, 15) is 20.0 Å². The van der Waals surface area contributed by atoms with E-state index < -0.39 is 11.0 Å². The molecule has 7 nitrogen and oxygen atoms in total. The summed E-state index contributed by atoms with van der Waals surface area (Å²) in [6, 6.07) is 5.82. The number of hydrogen-bond donors (Lipinski definition) is 3. The molecule has 1 saturated carbocycles. The highest BCUT2D eigenvalue weighted by atomic mass is 16.6. The minimum Gasteiger partial charge on any atom is -0.392 e. The van der Waals surface area contributed by atoms with Crippen LogP contribution in [0.3, 0.4) is 0 Å². The Morgan fingerprint density at radius 2 is 2.22 bits per heavy atom. The number of rotatable bonds is 5. The van der Waals surface area contributed by atoms with Crippen LogP contribution in [0, 0.1) is 15.5 Å². The van der Waals surface area contributed by atoms with Gasteiger partial charge in [0.2, 0.25) is 0 Å². The lowest BCUT2D eigenvalue weighted by molar-refractivity contribution is -0.384. The van der Waals surface area contributed by atoms with E-state index in [-0.39, 0.29) is 23.7 Å². The van der Waals surface area contributed by atoms with E-state index in [1.165, 1.54) is 12.1 Å². The molecule has 1 fully saturated rings. The Balaban J connectivity index is 1.81. The van der Waals surface area contributed by atoms with E-state index in [0.717, 1.165) is 25.7 Å². The van der Waals surface area contributed by atoms with Crippen molar-refractivity contribution in [1.29, 1.82) is 0 Å². The molecule has 0 aliphatic heterocycles.